The molecule has 0 aliphatic heterocycles. The second kappa shape index (κ2) is 4.02. The van der Waals surface area contributed by atoms with E-state index in [4.69, 9.17) is 11.6 Å². The lowest BCUT2D eigenvalue weighted by Crippen LogP contribution is -1.85. The van der Waals surface area contributed by atoms with Gasteiger partial charge in [-0.05, 0) is 18.2 Å². The van der Waals surface area contributed by atoms with Crippen molar-refractivity contribution in [1.29, 1.82) is 0 Å². The van der Waals surface area contributed by atoms with Crippen molar-refractivity contribution in [3.8, 4) is 22.6 Å². The third kappa shape index (κ3) is 1.70. The molecule has 2 N–H and O–H groups in total. The van der Waals surface area contributed by atoms with Crippen LogP contribution < -0.4 is 0 Å². The smallest absolute Gasteiger partial charge is 0.165 e. The van der Waals surface area contributed by atoms with Crippen LogP contribution in [0.3, 0.4) is 0 Å². The molecular formula is C12H8ClFO2. The van der Waals surface area contributed by atoms with Gasteiger partial charge in [0, 0.05) is 10.6 Å². The highest BCUT2D eigenvalue weighted by Gasteiger charge is 2.16. The van der Waals surface area contributed by atoms with Crippen LogP contribution in [-0.2, 0) is 0 Å². The molecule has 0 amide bonds. The molecular weight excluding hydrogens is 231 g/mol. The van der Waals surface area contributed by atoms with E-state index in [2.05, 4.69) is 0 Å². The van der Waals surface area contributed by atoms with E-state index < -0.39 is 11.6 Å². The lowest BCUT2D eigenvalue weighted by atomic mass is 10.0. The van der Waals surface area contributed by atoms with E-state index in [0.717, 1.165) is 6.07 Å². The summed E-state index contributed by atoms with van der Waals surface area (Å²) in [5.41, 5.74) is 0.393. The average molecular weight is 239 g/mol. The Morgan fingerprint density at radius 1 is 1.00 bits per heavy atom. The molecule has 16 heavy (non-hydrogen) atoms. The molecule has 82 valence electrons. The number of rotatable bonds is 1. The zero-order chi connectivity index (χ0) is 11.7. The summed E-state index contributed by atoms with van der Waals surface area (Å²) in [6.07, 6.45) is 0. The number of benzene rings is 2. The highest BCUT2D eigenvalue weighted by Crippen LogP contribution is 2.41. The summed E-state index contributed by atoms with van der Waals surface area (Å²) in [4.78, 5) is 0. The second-order valence-corrected chi connectivity index (χ2v) is 3.68. The van der Waals surface area contributed by atoms with Crippen molar-refractivity contribution in [1.82, 2.24) is 0 Å². The van der Waals surface area contributed by atoms with Gasteiger partial charge in [0.05, 0.1) is 5.56 Å². The lowest BCUT2D eigenvalue weighted by molar-refractivity contribution is 0.422. The quantitative estimate of drug-likeness (QED) is 0.798. The van der Waals surface area contributed by atoms with Crippen LogP contribution in [0.4, 0.5) is 4.39 Å². The molecule has 0 saturated heterocycles. The van der Waals surface area contributed by atoms with E-state index in [1.165, 1.54) is 6.07 Å². The summed E-state index contributed by atoms with van der Waals surface area (Å²) in [6.45, 7) is 0. The minimum Gasteiger partial charge on any atom is -0.507 e. The fourth-order valence-electron chi connectivity index (χ4n) is 1.48. The average Bonchev–Trinajstić information content (AvgIpc) is 2.27. The van der Waals surface area contributed by atoms with Crippen molar-refractivity contribution in [2.24, 2.45) is 0 Å². The van der Waals surface area contributed by atoms with Crippen LogP contribution in [0.15, 0.2) is 36.4 Å². The number of hydrogen-bond acceptors (Lipinski definition) is 2. The first-order valence-electron chi connectivity index (χ1n) is 4.56. The molecule has 2 rings (SSSR count). The number of phenolic OH excluding ortho intramolecular Hbond substituents is 2. The van der Waals surface area contributed by atoms with Gasteiger partial charge in [-0.3, -0.25) is 0 Å². The Morgan fingerprint density at radius 3 is 2.38 bits per heavy atom. The maximum absolute atomic E-state index is 13.2. The van der Waals surface area contributed by atoms with E-state index in [-0.39, 0.29) is 11.3 Å². The topological polar surface area (TPSA) is 40.5 Å². The fraction of sp³-hybridized carbons (Fsp3) is 0. The summed E-state index contributed by atoms with van der Waals surface area (Å²) in [5.74, 6) is -1.62. The van der Waals surface area contributed by atoms with Crippen molar-refractivity contribution in [3.63, 3.8) is 0 Å². The molecule has 0 spiro atoms. The van der Waals surface area contributed by atoms with Gasteiger partial charge in [0.2, 0.25) is 0 Å². The summed E-state index contributed by atoms with van der Waals surface area (Å²) in [5, 5.41) is 19.5. The molecule has 0 bridgehead atoms. The van der Waals surface area contributed by atoms with Gasteiger partial charge in [-0.2, -0.15) is 0 Å². The molecule has 0 aliphatic rings. The van der Waals surface area contributed by atoms with Crippen LogP contribution in [0.2, 0.25) is 5.02 Å². The fourth-order valence-corrected chi connectivity index (χ4v) is 1.71. The first-order valence-corrected chi connectivity index (χ1v) is 4.94. The first-order chi connectivity index (χ1) is 7.61. The van der Waals surface area contributed by atoms with Gasteiger partial charge >= 0.3 is 0 Å². The van der Waals surface area contributed by atoms with Gasteiger partial charge in [-0.15, -0.1) is 0 Å². The van der Waals surface area contributed by atoms with E-state index in [0.29, 0.717) is 10.6 Å². The molecule has 0 heterocycles. The van der Waals surface area contributed by atoms with E-state index >= 15 is 0 Å². The van der Waals surface area contributed by atoms with Crippen LogP contribution in [0.25, 0.3) is 11.1 Å². The Balaban J connectivity index is 2.74. The molecule has 0 aliphatic carbocycles. The van der Waals surface area contributed by atoms with Crippen LogP contribution in [0.1, 0.15) is 0 Å². The highest BCUT2D eigenvalue weighted by molar-refractivity contribution is 6.33. The van der Waals surface area contributed by atoms with Crippen LogP contribution in [0.5, 0.6) is 11.5 Å². The highest BCUT2D eigenvalue weighted by atomic mass is 35.5. The molecule has 2 aromatic rings. The van der Waals surface area contributed by atoms with Gasteiger partial charge in [0.1, 0.15) is 5.75 Å². The molecule has 0 aromatic heterocycles. The van der Waals surface area contributed by atoms with Crippen molar-refractivity contribution >= 4 is 11.6 Å². The van der Waals surface area contributed by atoms with Crippen molar-refractivity contribution in [2.75, 3.05) is 0 Å². The maximum atomic E-state index is 13.2. The van der Waals surface area contributed by atoms with Crippen LogP contribution >= 0.6 is 11.6 Å². The molecule has 2 nitrogen and oxygen atoms in total. The van der Waals surface area contributed by atoms with Gasteiger partial charge in [0.25, 0.3) is 0 Å². The predicted molar refractivity (Wildman–Crippen MR) is 60.2 cm³/mol. The zero-order valence-electron chi connectivity index (χ0n) is 8.11. The summed E-state index contributed by atoms with van der Waals surface area (Å²) in [7, 11) is 0. The zero-order valence-corrected chi connectivity index (χ0v) is 8.87. The monoisotopic (exact) mass is 238 g/mol. The van der Waals surface area contributed by atoms with E-state index in [9.17, 15) is 14.6 Å². The Kier molecular flexibility index (Phi) is 2.71. The summed E-state index contributed by atoms with van der Waals surface area (Å²) in [6, 6.07) is 8.75. The Bertz CT molecular complexity index is 541. The number of hydrogen-bond donors (Lipinski definition) is 2. The Labute approximate surface area is 96.5 Å². The van der Waals surface area contributed by atoms with Gasteiger partial charge in [-0.1, -0.05) is 29.8 Å². The minimum absolute atomic E-state index is 0.00519. The molecule has 4 heteroatoms. The van der Waals surface area contributed by atoms with Crippen LogP contribution in [0, 0.1) is 5.82 Å². The number of aromatic hydroxyl groups is 2. The standard InChI is InChI=1S/C12H8ClFO2/c13-8-4-2-1-3-7(8)11-10(15)6-5-9(14)12(11)16/h1-6,15-16H. The van der Waals surface area contributed by atoms with Gasteiger partial charge in [-0.25, -0.2) is 4.39 Å². The molecule has 2 aromatic carbocycles. The van der Waals surface area contributed by atoms with Crippen LogP contribution in [-0.4, -0.2) is 10.2 Å². The van der Waals surface area contributed by atoms with Gasteiger partial charge in [0.15, 0.2) is 11.6 Å². The maximum Gasteiger partial charge on any atom is 0.165 e. The normalized spacial score (nSPS) is 10.4. The largest absolute Gasteiger partial charge is 0.507 e. The molecule has 0 radical (unpaired) electrons. The van der Waals surface area contributed by atoms with Crippen molar-refractivity contribution in [2.45, 2.75) is 0 Å². The minimum atomic E-state index is -0.798. The predicted octanol–water partition coefficient (Wildman–Crippen LogP) is 3.56. The Morgan fingerprint density at radius 2 is 1.69 bits per heavy atom. The summed E-state index contributed by atoms with van der Waals surface area (Å²) < 4.78 is 13.2. The van der Waals surface area contributed by atoms with Crippen molar-refractivity contribution < 1.29 is 14.6 Å². The second-order valence-electron chi connectivity index (χ2n) is 3.27. The van der Waals surface area contributed by atoms with Gasteiger partial charge < -0.3 is 10.2 Å². The third-order valence-electron chi connectivity index (χ3n) is 2.25. The third-order valence-corrected chi connectivity index (χ3v) is 2.58. The van der Waals surface area contributed by atoms with Crippen molar-refractivity contribution in [3.05, 3.63) is 47.2 Å². The Hall–Kier alpha value is -1.74. The molecule has 0 unspecified atom stereocenters. The van der Waals surface area contributed by atoms with E-state index in [1.807, 2.05) is 0 Å². The number of phenols is 2. The summed E-state index contributed by atoms with van der Waals surface area (Å²) >= 11 is 5.91. The number of halogens is 2. The first kappa shape index (κ1) is 10.8. The van der Waals surface area contributed by atoms with E-state index in [1.54, 1.807) is 24.3 Å². The molecule has 0 fully saturated rings. The SMILES string of the molecule is Oc1ccc(F)c(O)c1-c1ccccc1Cl. The lowest BCUT2D eigenvalue weighted by Gasteiger charge is -2.09. The molecule has 0 saturated carbocycles. The molecule has 0 atom stereocenters.